The summed E-state index contributed by atoms with van der Waals surface area (Å²) in [6, 6.07) is 22.5. The Morgan fingerprint density at radius 3 is 2.53 bits per heavy atom. The smallest absolute Gasteiger partial charge is 0.188 e. The van der Waals surface area contributed by atoms with Crippen molar-refractivity contribution < 1.29 is 9.53 Å². The van der Waals surface area contributed by atoms with Crippen LogP contribution < -0.4 is 0 Å². The van der Waals surface area contributed by atoms with Gasteiger partial charge in [-0.2, -0.15) is 0 Å². The van der Waals surface area contributed by atoms with E-state index in [1.165, 1.54) is 26.4 Å². The van der Waals surface area contributed by atoms with E-state index in [1.54, 1.807) is 0 Å². The van der Waals surface area contributed by atoms with Crippen LogP contribution in [-0.4, -0.2) is 39.0 Å². The molecule has 6 heteroatoms. The van der Waals surface area contributed by atoms with E-state index in [0.717, 1.165) is 57.6 Å². The molecule has 0 N–H and O–H groups in total. The summed E-state index contributed by atoms with van der Waals surface area (Å²) in [4.78, 5) is 27.1. The van der Waals surface area contributed by atoms with Crippen molar-refractivity contribution in [2.75, 3.05) is 13.7 Å². The molecule has 1 fully saturated rings. The Labute approximate surface area is 210 Å². The lowest BCUT2D eigenvalue weighted by atomic mass is 9.94. The highest BCUT2D eigenvalue weighted by molar-refractivity contribution is 6.00. The maximum Gasteiger partial charge on any atom is 0.188 e. The van der Waals surface area contributed by atoms with Crippen LogP contribution in [0.25, 0.3) is 44.7 Å². The summed E-state index contributed by atoms with van der Waals surface area (Å²) >= 11 is 0. The number of nitrogens with zero attached hydrogens (tertiary/aromatic N) is 4. The van der Waals surface area contributed by atoms with Gasteiger partial charge in [-0.05, 0) is 49.2 Å². The number of ether oxygens (including phenoxy) is 1. The second-order valence-corrected chi connectivity index (χ2v) is 9.48. The zero-order valence-electron chi connectivity index (χ0n) is 20.4. The van der Waals surface area contributed by atoms with E-state index >= 15 is 0 Å². The van der Waals surface area contributed by atoms with Gasteiger partial charge in [0.25, 0.3) is 0 Å². The fourth-order valence-corrected chi connectivity index (χ4v) is 5.30. The molecule has 0 atom stereocenters. The lowest BCUT2D eigenvalue weighted by Crippen LogP contribution is -2.14. The third kappa shape index (κ3) is 4.18. The highest BCUT2D eigenvalue weighted by Crippen LogP contribution is 2.37. The molecular weight excluding hydrogens is 448 g/mol. The zero-order valence-corrected chi connectivity index (χ0v) is 20.4. The molecule has 0 spiro atoms. The van der Waals surface area contributed by atoms with Crippen molar-refractivity contribution in [2.24, 2.45) is 0 Å². The van der Waals surface area contributed by atoms with Gasteiger partial charge < -0.3 is 9.30 Å². The molecule has 180 valence electrons. The molecule has 36 heavy (non-hydrogen) atoms. The summed E-state index contributed by atoms with van der Waals surface area (Å²) in [5.74, 6) is 0.879. The largest absolute Gasteiger partial charge is 0.377 e. The minimum absolute atomic E-state index is 0.0393. The second-order valence-electron chi connectivity index (χ2n) is 9.48. The molecule has 6 rings (SSSR count). The van der Waals surface area contributed by atoms with Gasteiger partial charge in [0.15, 0.2) is 5.78 Å². The molecule has 0 bridgehead atoms. The van der Waals surface area contributed by atoms with Gasteiger partial charge in [-0.15, -0.1) is 0 Å². The maximum atomic E-state index is 12.5. The molecule has 0 aliphatic heterocycles. The first-order valence-corrected chi connectivity index (χ1v) is 12.6. The molecule has 1 aliphatic rings. The number of ketones is 1. The summed E-state index contributed by atoms with van der Waals surface area (Å²) in [5.41, 5.74) is 7.12. The Hall–Kier alpha value is -3.90. The van der Waals surface area contributed by atoms with E-state index in [2.05, 4.69) is 21.7 Å². The van der Waals surface area contributed by atoms with Crippen LogP contribution in [0.1, 0.15) is 48.5 Å². The molecule has 5 aromatic rings. The van der Waals surface area contributed by atoms with Crippen LogP contribution in [0.2, 0.25) is 0 Å². The second kappa shape index (κ2) is 9.63. The predicted octanol–water partition coefficient (Wildman–Crippen LogP) is 6.65. The van der Waals surface area contributed by atoms with Crippen molar-refractivity contribution in [2.45, 2.75) is 38.1 Å². The van der Waals surface area contributed by atoms with Crippen LogP contribution in [0.4, 0.5) is 0 Å². The number of aromatic nitrogens is 4. The number of carbonyl (C=O) groups is 1. The lowest BCUT2D eigenvalue weighted by molar-refractivity contribution is 0.0848. The topological polar surface area (TPSA) is 69.9 Å². The Kier molecular flexibility index (Phi) is 6.03. The fourth-order valence-electron chi connectivity index (χ4n) is 5.30. The predicted molar refractivity (Wildman–Crippen MR) is 142 cm³/mol. The standard InChI is InChI=1S/C30H28N4O2/c1-36-19-29(35)21-13-15-28-26(16-21)33-30(34(28)23-10-6-3-7-11-23)22-12-14-24-25(17-22)32-27(18-31-24)20-8-4-2-5-9-20/h2,4-5,8-9,12-18,23H,3,6-7,10-11,19H2,1H3. The summed E-state index contributed by atoms with van der Waals surface area (Å²) < 4.78 is 7.44. The van der Waals surface area contributed by atoms with E-state index in [4.69, 9.17) is 14.7 Å². The summed E-state index contributed by atoms with van der Waals surface area (Å²) in [5, 5.41) is 0. The number of benzene rings is 3. The fraction of sp³-hybridized carbons (Fsp3) is 0.267. The molecule has 2 aromatic heterocycles. The molecule has 1 aliphatic carbocycles. The Bertz CT molecular complexity index is 1550. The minimum atomic E-state index is -0.0393. The SMILES string of the molecule is COCC(=O)c1ccc2c(c1)nc(-c1ccc3ncc(-c4ccccc4)nc3c1)n2C1CCCCC1. The highest BCUT2D eigenvalue weighted by atomic mass is 16.5. The van der Waals surface area contributed by atoms with Gasteiger partial charge in [-0.3, -0.25) is 9.78 Å². The number of fused-ring (bicyclic) bond motifs is 2. The maximum absolute atomic E-state index is 12.5. The molecule has 1 saturated carbocycles. The van der Waals surface area contributed by atoms with Crippen molar-refractivity contribution in [1.82, 2.24) is 19.5 Å². The van der Waals surface area contributed by atoms with Crippen molar-refractivity contribution >= 4 is 27.9 Å². The third-order valence-corrected chi connectivity index (χ3v) is 7.10. The molecule has 0 amide bonds. The first-order chi connectivity index (χ1) is 17.7. The van der Waals surface area contributed by atoms with E-state index in [0.29, 0.717) is 11.6 Å². The Balaban J connectivity index is 1.49. The zero-order chi connectivity index (χ0) is 24.5. The number of rotatable bonds is 6. The highest BCUT2D eigenvalue weighted by Gasteiger charge is 2.23. The van der Waals surface area contributed by atoms with Crippen molar-refractivity contribution in [3.8, 4) is 22.6 Å². The number of hydrogen-bond acceptors (Lipinski definition) is 5. The van der Waals surface area contributed by atoms with Gasteiger partial charge in [-0.1, -0.05) is 49.6 Å². The van der Waals surface area contributed by atoms with Gasteiger partial charge in [0, 0.05) is 29.8 Å². The van der Waals surface area contributed by atoms with Crippen LogP contribution in [-0.2, 0) is 4.74 Å². The molecule has 0 unspecified atom stereocenters. The monoisotopic (exact) mass is 476 g/mol. The number of methoxy groups -OCH3 is 1. The first-order valence-electron chi connectivity index (χ1n) is 12.6. The Morgan fingerprint density at radius 2 is 1.72 bits per heavy atom. The van der Waals surface area contributed by atoms with E-state index in [9.17, 15) is 4.79 Å². The third-order valence-electron chi connectivity index (χ3n) is 7.10. The van der Waals surface area contributed by atoms with Crippen LogP contribution in [0.3, 0.4) is 0 Å². The molecule has 2 heterocycles. The van der Waals surface area contributed by atoms with Crippen LogP contribution in [0.5, 0.6) is 0 Å². The van der Waals surface area contributed by atoms with Gasteiger partial charge in [-0.25, -0.2) is 9.97 Å². The van der Waals surface area contributed by atoms with E-state index in [1.807, 2.05) is 60.8 Å². The normalized spacial score (nSPS) is 14.5. The van der Waals surface area contributed by atoms with Crippen LogP contribution in [0, 0.1) is 0 Å². The first kappa shape index (κ1) is 22.6. The number of carbonyl (C=O) groups excluding carboxylic acids is 1. The van der Waals surface area contributed by atoms with Crippen molar-refractivity contribution in [3.63, 3.8) is 0 Å². The summed E-state index contributed by atoms with van der Waals surface area (Å²) in [6.07, 6.45) is 7.81. The number of Topliss-reactive ketones (excluding diaryl/α,β-unsaturated/α-hetero) is 1. The molecule has 0 radical (unpaired) electrons. The molecule has 0 saturated heterocycles. The number of hydrogen-bond donors (Lipinski definition) is 0. The van der Waals surface area contributed by atoms with E-state index < -0.39 is 0 Å². The summed E-state index contributed by atoms with van der Waals surface area (Å²) in [7, 11) is 1.54. The van der Waals surface area contributed by atoms with Gasteiger partial charge >= 0.3 is 0 Å². The average molecular weight is 477 g/mol. The van der Waals surface area contributed by atoms with E-state index in [-0.39, 0.29) is 12.4 Å². The average Bonchev–Trinajstić information content (AvgIpc) is 3.32. The molecule has 6 nitrogen and oxygen atoms in total. The van der Waals surface area contributed by atoms with Gasteiger partial charge in [0.2, 0.25) is 0 Å². The minimum Gasteiger partial charge on any atom is -0.377 e. The van der Waals surface area contributed by atoms with Gasteiger partial charge in [0.05, 0.1) is 34.0 Å². The van der Waals surface area contributed by atoms with Gasteiger partial charge in [0.1, 0.15) is 12.4 Å². The van der Waals surface area contributed by atoms with Crippen LogP contribution >= 0.6 is 0 Å². The lowest BCUT2D eigenvalue weighted by Gasteiger charge is -2.25. The quantitative estimate of drug-likeness (QED) is 0.257. The van der Waals surface area contributed by atoms with Crippen LogP contribution in [0.15, 0.2) is 72.9 Å². The Morgan fingerprint density at radius 1 is 0.889 bits per heavy atom. The molecular formula is C30H28N4O2. The van der Waals surface area contributed by atoms with Crippen molar-refractivity contribution in [1.29, 1.82) is 0 Å². The summed E-state index contributed by atoms with van der Waals surface area (Å²) in [6.45, 7) is 0.0643. The molecule has 3 aromatic carbocycles. The van der Waals surface area contributed by atoms with Crippen molar-refractivity contribution in [3.05, 3.63) is 78.5 Å². The number of imidazole rings is 1.